The van der Waals surface area contributed by atoms with Gasteiger partial charge in [-0.25, -0.2) is 4.39 Å². The van der Waals surface area contributed by atoms with Crippen LogP contribution in [0, 0.1) is 5.82 Å². The molecule has 0 heterocycles. The van der Waals surface area contributed by atoms with E-state index in [9.17, 15) is 4.39 Å². The molecular formula is C12H13FO. The average Bonchev–Trinajstić information content (AvgIpc) is 2.23. The van der Waals surface area contributed by atoms with Crippen LogP contribution >= 0.6 is 0 Å². The zero-order valence-corrected chi connectivity index (χ0v) is 7.95. The van der Waals surface area contributed by atoms with Crippen molar-refractivity contribution in [2.24, 2.45) is 0 Å². The Morgan fingerprint density at radius 3 is 2.64 bits per heavy atom. The minimum atomic E-state index is -0.225. The van der Waals surface area contributed by atoms with Gasteiger partial charge in [0, 0.05) is 0 Å². The Labute approximate surface area is 83.2 Å². The fraction of sp³-hybridized carbons (Fsp3) is 0.333. The summed E-state index contributed by atoms with van der Waals surface area (Å²) < 4.78 is 18.3. The molecule has 1 aromatic carbocycles. The highest BCUT2D eigenvalue weighted by molar-refractivity contribution is 5.23. The molecule has 0 bridgehead atoms. The van der Waals surface area contributed by atoms with E-state index in [1.54, 1.807) is 12.1 Å². The van der Waals surface area contributed by atoms with Gasteiger partial charge in [0.25, 0.3) is 0 Å². The van der Waals surface area contributed by atoms with E-state index in [1.807, 2.05) is 0 Å². The van der Waals surface area contributed by atoms with Gasteiger partial charge in [0.1, 0.15) is 17.7 Å². The van der Waals surface area contributed by atoms with Crippen LogP contribution in [0.5, 0.6) is 5.75 Å². The molecular weight excluding hydrogens is 179 g/mol. The first-order chi connectivity index (χ1) is 6.84. The molecule has 1 aliphatic rings. The Kier molecular flexibility index (Phi) is 2.82. The highest BCUT2D eigenvalue weighted by Gasteiger charge is 2.09. The summed E-state index contributed by atoms with van der Waals surface area (Å²) in [7, 11) is 0. The molecule has 0 N–H and O–H groups in total. The molecule has 1 unspecified atom stereocenters. The van der Waals surface area contributed by atoms with Crippen LogP contribution in [0.1, 0.15) is 19.3 Å². The fourth-order valence-electron chi connectivity index (χ4n) is 1.57. The number of ether oxygens (including phenoxy) is 1. The van der Waals surface area contributed by atoms with Gasteiger partial charge >= 0.3 is 0 Å². The molecule has 0 saturated heterocycles. The summed E-state index contributed by atoms with van der Waals surface area (Å²) in [6.07, 6.45) is 7.73. The summed E-state index contributed by atoms with van der Waals surface area (Å²) in [5.41, 5.74) is 0. The molecule has 0 radical (unpaired) electrons. The topological polar surface area (TPSA) is 9.23 Å². The lowest BCUT2D eigenvalue weighted by Crippen LogP contribution is -2.15. The SMILES string of the molecule is Fc1ccc(OC2C=CCCC2)cc1. The lowest BCUT2D eigenvalue weighted by Gasteiger charge is -2.18. The van der Waals surface area contributed by atoms with Crippen molar-refractivity contribution in [1.82, 2.24) is 0 Å². The van der Waals surface area contributed by atoms with Gasteiger partial charge in [-0.2, -0.15) is 0 Å². The summed E-state index contributed by atoms with van der Waals surface area (Å²) in [4.78, 5) is 0. The van der Waals surface area contributed by atoms with Crippen molar-refractivity contribution in [2.45, 2.75) is 25.4 Å². The standard InChI is InChI=1S/C12H13FO/c13-10-6-8-12(9-7-10)14-11-4-2-1-3-5-11/h2,4,6-9,11H,1,3,5H2. The molecule has 2 rings (SSSR count). The van der Waals surface area contributed by atoms with E-state index in [0.717, 1.165) is 18.6 Å². The summed E-state index contributed by atoms with van der Waals surface area (Å²) in [6, 6.07) is 6.17. The number of benzene rings is 1. The van der Waals surface area contributed by atoms with Gasteiger partial charge in [0.2, 0.25) is 0 Å². The molecule has 0 fully saturated rings. The van der Waals surface area contributed by atoms with Gasteiger partial charge in [0.05, 0.1) is 0 Å². The third-order valence-corrected chi connectivity index (χ3v) is 2.31. The maximum Gasteiger partial charge on any atom is 0.123 e. The third-order valence-electron chi connectivity index (χ3n) is 2.31. The lowest BCUT2D eigenvalue weighted by atomic mass is 10.1. The molecule has 1 aromatic rings. The Bertz CT molecular complexity index is 316. The first kappa shape index (κ1) is 9.25. The van der Waals surface area contributed by atoms with Crippen molar-refractivity contribution in [2.75, 3.05) is 0 Å². The van der Waals surface area contributed by atoms with E-state index in [2.05, 4.69) is 12.2 Å². The van der Waals surface area contributed by atoms with Crippen molar-refractivity contribution in [3.05, 3.63) is 42.2 Å². The fourth-order valence-corrected chi connectivity index (χ4v) is 1.57. The minimum absolute atomic E-state index is 0.161. The monoisotopic (exact) mass is 192 g/mol. The highest BCUT2D eigenvalue weighted by atomic mass is 19.1. The van der Waals surface area contributed by atoms with Crippen LogP contribution < -0.4 is 4.74 Å². The molecule has 2 heteroatoms. The highest BCUT2D eigenvalue weighted by Crippen LogP contribution is 2.18. The van der Waals surface area contributed by atoms with E-state index in [1.165, 1.54) is 18.6 Å². The van der Waals surface area contributed by atoms with Gasteiger partial charge in [-0.05, 0) is 49.6 Å². The third kappa shape index (κ3) is 2.34. The number of hydrogen-bond donors (Lipinski definition) is 0. The Morgan fingerprint density at radius 1 is 1.21 bits per heavy atom. The van der Waals surface area contributed by atoms with Crippen LogP contribution in [-0.2, 0) is 0 Å². The van der Waals surface area contributed by atoms with E-state index in [4.69, 9.17) is 4.74 Å². The molecule has 0 aromatic heterocycles. The van der Waals surface area contributed by atoms with E-state index in [-0.39, 0.29) is 11.9 Å². The number of hydrogen-bond acceptors (Lipinski definition) is 1. The second kappa shape index (κ2) is 4.27. The van der Waals surface area contributed by atoms with E-state index in [0.29, 0.717) is 0 Å². The molecule has 1 nitrogen and oxygen atoms in total. The summed E-state index contributed by atoms with van der Waals surface area (Å²) in [5, 5.41) is 0. The van der Waals surface area contributed by atoms with Crippen LogP contribution in [0.25, 0.3) is 0 Å². The molecule has 74 valence electrons. The Hall–Kier alpha value is -1.31. The number of rotatable bonds is 2. The average molecular weight is 192 g/mol. The Balaban J connectivity index is 1.99. The van der Waals surface area contributed by atoms with Crippen molar-refractivity contribution in [3.8, 4) is 5.75 Å². The maximum absolute atomic E-state index is 12.6. The first-order valence-corrected chi connectivity index (χ1v) is 4.93. The first-order valence-electron chi connectivity index (χ1n) is 4.93. The molecule has 14 heavy (non-hydrogen) atoms. The molecule has 1 aliphatic carbocycles. The van der Waals surface area contributed by atoms with Crippen LogP contribution in [0.15, 0.2) is 36.4 Å². The van der Waals surface area contributed by atoms with Crippen molar-refractivity contribution in [3.63, 3.8) is 0 Å². The van der Waals surface area contributed by atoms with E-state index >= 15 is 0 Å². The summed E-state index contributed by atoms with van der Waals surface area (Å²) >= 11 is 0. The smallest absolute Gasteiger partial charge is 0.123 e. The largest absolute Gasteiger partial charge is 0.486 e. The second-order valence-corrected chi connectivity index (χ2v) is 3.47. The van der Waals surface area contributed by atoms with Crippen LogP contribution in [0.4, 0.5) is 4.39 Å². The second-order valence-electron chi connectivity index (χ2n) is 3.47. The predicted octanol–water partition coefficient (Wildman–Crippen LogP) is 3.31. The normalized spacial score (nSPS) is 20.8. The minimum Gasteiger partial charge on any atom is -0.486 e. The number of halogens is 1. The lowest BCUT2D eigenvalue weighted by molar-refractivity contribution is 0.229. The maximum atomic E-state index is 12.6. The van der Waals surface area contributed by atoms with Gasteiger partial charge in [-0.15, -0.1) is 0 Å². The van der Waals surface area contributed by atoms with Crippen molar-refractivity contribution < 1.29 is 9.13 Å². The van der Waals surface area contributed by atoms with Crippen molar-refractivity contribution >= 4 is 0 Å². The van der Waals surface area contributed by atoms with Crippen molar-refractivity contribution in [1.29, 1.82) is 0 Å². The molecule has 0 amide bonds. The molecule has 1 atom stereocenters. The van der Waals surface area contributed by atoms with Crippen LogP contribution in [-0.4, -0.2) is 6.10 Å². The van der Waals surface area contributed by atoms with Gasteiger partial charge < -0.3 is 4.74 Å². The molecule has 0 saturated carbocycles. The van der Waals surface area contributed by atoms with Gasteiger partial charge in [-0.3, -0.25) is 0 Å². The van der Waals surface area contributed by atoms with Crippen LogP contribution in [0.3, 0.4) is 0 Å². The molecule has 0 spiro atoms. The molecule has 0 aliphatic heterocycles. The quantitative estimate of drug-likeness (QED) is 0.653. The zero-order valence-electron chi connectivity index (χ0n) is 7.95. The number of allylic oxidation sites excluding steroid dienone is 1. The van der Waals surface area contributed by atoms with E-state index < -0.39 is 0 Å². The zero-order chi connectivity index (χ0) is 9.80. The Morgan fingerprint density at radius 2 is 2.00 bits per heavy atom. The summed E-state index contributed by atoms with van der Waals surface area (Å²) in [5.74, 6) is 0.513. The van der Waals surface area contributed by atoms with Gasteiger partial charge in [0.15, 0.2) is 0 Å². The summed E-state index contributed by atoms with van der Waals surface area (Å²) in [6.45, 7) is 0. The van der Waals surface area contributed by atoms with Gasteiger partial charge in [-0.1, -0.05) is 6.08 Å². The predicted molar refractivity (Wildman–Crippen MR) is 53.8 cm³/mol. The van der Waals surface area contributed by atoms with Crippen LogP contribution in [0.2, 0.25) is 0 Å².